The molecule has 0 bridgehead atoms. The van der Waals surface area contributed by atoms with Crippen molar-refractivity contribution in [3.8, 4) is 0 Å². The van der Waals surface area contributed by atoms with E-state index in [0.717, 1.165) is 107 Å². The number of carbonyl (C=O) groups is 5. The molecule has 17 heteroatoms. The molecule has 0 radical (unpaired) electrons. The van der Waals surface area contributed by atoms with Crippen LogP contribution in [0, 0.1) is 6.92 Å². The predicted molar refractivity (Wildman–Crippen MR) is 256 cm³/mol. The van der Waals surface area contributed by atoms with Gasteiger partial charge in [0, 0.05) is 82.3 Å². The molecule has 1 atom stereocenters. The average Bonchev–Trinajstić information content (AvgIpc) is 3.95. The van der Waals surface area contributed by atoms with Gasteiger partial charge in [-0.1, -0.05) is 37.5 Å². The summed E-state index contributed by atoms with van der Waals surface area (Å²) in [7, 11) is 0. The van der Waals surface area contributed by atoms with Gasteiger partial charge in [-0.15, -0.1) is 0 Å². The molecule has 5 heterocycles. The van der Waals surface area contributed by atoms with E-state index < -0.39 is 29.7 Å². The van der Waals surface area contributed by atoms with Crippen LogP contribution in [-0.4, -0.2) is 134 Å². The van der Waals surface area contributed by atoms with Crippen molar-refractivity contribution in [1.29, 1.82) is 0 Å². The van der Waals surface area contributed by atoms with Crippen molar-refractivity contribution in [2.75, 3.05) is 93.2 Å². The number of fused-ring (bicyclic) bond motifs is 1. The lowest BCUT2D eigenvalue weighted by molar-refractivity contribution is -0.136. The summed E-state index contributed by atoms with van der Waals surface area (Å²) in [6.07, 6.45) is 11.8. The van der Waals surface area contributed by atoms with Crippen molar-refractivity contribution in [2.24, 2.45) is 0 Å². The van der Waals surface area contributed by atoms with Crippen molar-refractivity contribution in [2.45, 2.75) is 115 Å². The van der Waals surface area contributed by atoms with Gasteiger partial charge in [-0.3, -0.25) is 39.1 Å². The summed E-state index contributed by atoms with van der Waals surface area (Å²) in [4.78, 5) is 80.3. The average molecular weight is 924 g/mol. The molecule has 0 aliphatic carbocycles. The van der Waals surface area contributed by atoms with Gasteiger partial charge in [0.15, 0.2) is 0 Å². The Balaban J connectivity index is 0.704. The molecule has 7 rings (SSSR count). The summed E-state index contributed by atoms with van der Waals surface area (Å²) in [6, 6.07) is 15.3. The SMILES string of the molecule is Cc1cc(N2CCC(N(CCCCCCOCCOCCOCCCCCC(=O)Nc3cccc4c3C(=O)N(C3CCC(=O)NC3=O)C4=O)Cc3cccc(N4CCCC4)c3)CC2)nc(N)n1. The molecule has 3 saturated heterocycles. The summed E-state index contributed by atoms with van der Waals surface area (Å²) >= 11 is 0. The van der Waals surface area contributed by atoms with Gasteiger partial charge >= 0.3 is 0 Å². The summed E-state index contributed by atoms with van der Waals surface area (Å²) in [6.45, 7) is 11.6. The van der Waals surface area contributed by atoms with E-state index in [0.29, 0.717) is 51.4 Å². The summed E-state index contributed by atoms with van der Waals surface area (Å²) in [5.74, 6) is -1.40. The Bertz CT molecular complexity index is 2140. The highest BCUT2D eigenvalue weighted by atomic mass is 16.5. The number of nitrogens with zero attached hydrogens (tertiary/aromatic N) is 6. The number of rotatable bonds is 26. The maximum Gasteiger partial charge on any atom is 0.264 e. The number of imide groups is 2. The third-order valence-corrected chi connectivity index (χ3v) is 13.1. The molecular formula is C50H69N9O8. The molecule has 17 nitrogen and oxygen atoms in total. The van der Waals surface area contributed by atoms with Crippen LogP contribution in [0.15, 0.2) is 48.5 Å². The monoisotopic (exact) mass is 924 g/mol. The first-order chi connectivity index (χ1) is 32.6. The van der Waals surface area contributed by atoms with E-state index in [1.54, 1.807) is 12.1 Å². The number of hydrogen-bond acceptors (Lipinski definition) is 14. The van der Waals surface area contributed by atoms with E-state index in [1.165, 1.54) is 36.6 Å². The number of hydrogen-bond donors (Lipinski definition) is 3. The molecule has 4 aliphatic heterocycles. The maximum atomic E-state index is 13.3. The van der Waals surface area contributed by atoms with E-state index in [2.05, 4.69) is 59.6 Å². The fraction of sp³-hybridized carbons (Fsp3) is 0.580. The first kappa shape index (κ1) is 49.4. The van der Waals surface area contributed by atoms with E-state index in [1.807, 2.05) is 13.0 Å². The second kappa shape index (κ2) is 25.0. The van der Waals surface area contributed by atoms with Crippen LogP contribution < -0.4 is 26.2 Å². The van der Waals surface area contributed by atoms with Crippen molar-refractivity contribution in [3.63, 3.8) is 0 Å². The molecule has 3 fully saturated rings. The van der Waals surface area contributed by atoms with Crippen LogP contribution in [0.25, 0.3) is 0 Å². The standard InChI is InChI=1S/C50H69N9O8/c1-36-33-43(54-50(51)52-36)57-25-20-38(21-26-57)58(35-37-13-11-14-39(34-37)56-22-7-8-23-56)24-6-2-3-9-27-65-29-31-67-32-30-66-28-10-4-5-17-44(60)53-41-16-12-15-40-46(41)49(64)59(48(40)63)42-18-19-45(61)55-47(42)62/h11-16,33-34,38,42H,2-10,17-32,35H2,1H3,(H,53,60)(H2,51,52,54)(H,55,61,62). The summed E-state index contributed by atoms with van der Waals surface area (Å²) in [5.41, 5.74) is 10.0. The first-order valence-electron chi connectivity index (χ1n) is 24.5. The molecular weight excluding hydrogens is 855 g/mol. The fourth-order valence-corrected chi connectivity index (χ4v) is 9.56. The quantitative estimate of drug-likeness (QED) is 0.0659. The minimum Gasteiger partial charge on any atom is -0.379 e. The lowest BCUT2D eigenvalue weighted by Crippen LogP contribution is -2.54. The van der Waals surface area contributed by atoms with Crippen molar-refractivity contribution in [1.82, 2.24) is 25.1 Å². The lowest BCUT2D eigenvalue weighted by atomic mass is 10.0. The number of nitrogens with two attached hydrogens (primary N) is 1. The van der Waals surface area contributed by atoms with Gasteiger partial charge in [-0.25, -0.2) is 4.98 Å². The Morgan fingerprint density at radius 3 is 2.18 bits per heavy atom. The summed E-state index contributed by atoms with van der Waals surface area (Å²) < 4.78 is 17.3. The Hall–Kier alpha value is -5.49. The minimum absolute atomic E-state index is 0.0340. The molecule has 4 N–H and O–H groups in total. The van der Waals surface area contributed by atoms with Crippen LogP contribution in [0.4, 0.5) is 23.1 Å². The van der Waals surface area contributed by atoms with Crippen LogP contribution >= 0.6 is 0 Å². The van der Waals surface area contributed by atoms with Crippen molar-refractivity contribution >= 4 is 52.7 Å². The number of aromatic nitrogens is 2. The van der Waals surface area contributed by atoms with Crippen LogP contribution in [0.2, 0.25) is 0 Å². The molecule has 1 unspecified atom stereocenters. The number of unbranched alkanes of at least 4 members (excludes halogenated alkanes) is 5. The Morgan fingerprint density at radius 2 is 1.46 bits per heavy atom. The van der Waals surface area contributed by atoms with E-state index >= 15 is 0 Å². The first-order valence-corrected chi connectivity index (χ1v) is 24.5. The Labute approximate surface area is 394 Å². The number of anilines is 4. The molecule has 2 aromatic carbocycles. The van der Waals surface area contributed by atoms with Gasteiger partial charge in [-0.2, -0.15) is 4.98 Å². The number of carbonyl (C=O) groups excluding carboxylic acids is 5. The topological polar surface area (TPSA) is 202 Å². The van der Waals surface area contributed by atoms with Crippen LogP contribution in [-0.2, 0) is 35.1 Å². The molecule has 67 heavy (non-hydrogen) atoms. The minimum atomic E-state index is -1.07. The number of benzene rings is 2. The molecule has 1 aromatic heterocycles. The third kappa shape index (κ3) is 14.0. The smallest absolute Gasteiger partial charge is 0.264 e. The van der Waals surface area contributed by atoms with E-state index in [4.69, 9.17) is 19.9 Å². The number of amides is 5. The van der Waals surface area contributed by atoms with Gasteiger partial charge in [-0.05, 0) is 101 Å². The zero-order chi connectivity index (χ0) is 47.0. The van der Waals surface area contributed by atoms with E-state index in [-0.39, 0.29) is 42.0 Å². The van der Waals surface area contributed by atoms with Crippen molar-refractivity contribution in [3.05, 3.63) is 70.9 Å². The predicted octanol–water partition coefficient (Wildman–Crippen LogP) is 5.65. The zero-order valence-electron chi connectivity index (χ0n) is 39.2. The summed E-state index contributed by atoms with van der Waals surface area (Å²) in [5, 5.41) is 4.95. The largest absolute Gasteiger partial charge is 0.379 e. The van der Waals surface area contributed by atoms with Gasteiger partial charge < -0.3 is 35.1 Å². The van der Waals surface area contributed by atoms with Crippen LogP contribution in [0.1, 0.15) is 122 Å². The number of piperidine rings is 2. The zero-order valence-corrected chi connectivity index (χ0v) is 39.2. The van der Waals surface area contributed by atoms with Gasteiger partial charge in [0.05, 0.1) is 43.2 Å². The molecule has 4 aliphatic rings. The second-order valence-electron chi connectivity index (χ2n) is 18.1. The number of ether oxygens (including phenoxy) is 3. The highest BCUT2D eigenvalue weighted by Gasteiger charge is 2.45. The molecule has 362 valence electrons. The Morgan fingerprint density at radius 1 is 0.776 bits per heavy atom. The molecule has 0 spiro atoms. The fourth-order valence-electron chi connectivity index (χ4n) is 9.56. The highest BCUT2D eigenvalue weighted by Crippen LogP contribution is 2.33. The van der Waals surface area contributed by atoms with Crippen molar-refractivity contribution < 1.29 is 38.2 Å². The van der Waals surface area contributed by atoms with Crippen LogP contribution in [0.3, 0.4) is 0 Å². The third-order valence-electron chi connectivity index (χ3n) is 13.1. The maximum absolute atomic E-state index is 13.3. The van der Waals surface area contributed by atoms with Gasteiger partial charge in [0.2, 0.25) is 23.7 Å². The number of nitrogen functional groups attached to an aromatic ring is 1. The van der Waals surface area contributed by atoms with Crippen LogP contribution in [0.5, 0.6) is 0 Å². The number of nitrogens with one attached hydrogen (secondary N) is 2. The number of aryl methyl sites for hydroxylation is 1. The van der Waals surface area contributed by atoms with E-state index in [9.17, 15) is 24.0 Å². The second-order valence-corrected chi connectivity index (χ2v) is 18.1. The molecule has 5 amide bonds. The van der Waals surface area contributed by atoms with Gasteiger partial charge in [0.1, 0.15) is 11.9 Å². The molecule has 3 aromatic rings. The molecule has 0 saturated carbocycles. The van der Waals surface area contributed by atoms with Gasteiger partial charge in [0.25, 0.3) is 11.8 Å². The normalized spacial score (nSPS) is 17.8. The Kier molecular flexibility index (Phi) is 18.5. The lowest BCUT2D eigenvalue weighted by Gasteiger charge is -2.39. The highest BCUT2D eigenvalue weighted by molar-refractivity contribution is 6.26.